The zero-order valence-corrected chi connectivity index (χ0v) is 26.2. The molecule has 0 aliphatic rings. The van der Waals surface area contributed by atoms with Crippen LogP contribution in [-0.4, -0.2) is 30.2 Å². The Morgan fingerprint density at radius 3 is 2.57 bits per heavy atom. The molecule has 5 rings (SSSR count). The quantitative estimate of drug-likeness (QED) is 0.0757. The van der Waals surface area contributed by atoms with E-state index in [1.165, 1.54) is 31.5 Å². The van der Waals surface area contributed by atoms with Gasteiger partial charge in [-0.1, -0.05) is 57.3 Å². The third-order valence-electron chi connectivity index (χ3n) is 6.11. The van der Waals surface area contributed by atoms with Gasteiger partial charge < -0.3 is 14.5 Å². The number of methoxy groups -OCH3 is 1. The second-order valence-corrected chi connectivity index (χ2v) is 11.4. The van der Waals surface area contributed by atoms with Crippen LogP contribution in [0.15, 0.2) is 86.8 Å². The summed E-state index contributed by atoms with van der Waals surface area (Å²) in [5.74, 6) is -1.36. The number of nitrogens with zero attached hydrogens (tertiary/aromatic N) is 1. The minimum atomic E-state index is -0.717. The van der Waals surface area contributed by atoms with E-state index >= 15 is 0 Å². The predicted molar refractivity (Wildman–Crippen MR) is 169 cm³/mol. The number of carbonyl (C=O) groups excluding carboxylic acids is 2. The summed E-state index contributed by atoms with van der Waals surface area (Å²) >= 11 is 19.3. The number of aromatic nitrogens is 1. The van der Waals surface area contributed by atoms with Crippen molar-refractivity contribution in [2.45, 2.75) is 0 Å². The van der Waals surface area contributed by atoms with Gasteiger partial charge in [0.2, 0.25) is 0 Å². The summed E-state index contributed by atoms with van der Waals surface area (Å²) in [6.07, 6.45) is 1.32. The predicted octanol–water partition coefficient (Wildman–Crippen LogP) is 8.80. The number of halogens is 5. The third kappa shape index (κ3) is 6.22. The zero-order chi connectivity index (χ0) is 30.0. The molecule has 212 valence electrons. The molecule has 0 fully saturated rings. The van der Waals surface area contributed by atoms with Gasteiger partial charge in [0.25, 0.3) is 5.91 Å². The maximum Gasteiger partial charge on any atom is 0.347 e. The number of hydrogen-bond donors (Lipinski definition) is 2. The van der Waals surface area contributed by atoms with Gasteiger partial charge in [0, 0.05) is 42.1 Å². The van der Waals surface area contributed by atoms with Crippen LogP contribution in [0.25, 0.3) is 22.0 Å². The number of nitrogens with one attached hydrogen (secondary N) is 2. The van der Waals surface area contributed by atoms with Gasteiger partial charge in [-0.15, -0.1) is 0 Å². The molecule has 0 radical (unpaired) electrons. The number of aromatic amines is 1. The van der Waals surface area contributed by atoms with Crippen molar-refractivity contribution in [3.05, 3.63) is 114 Å². The lowest BCUT2D eigenvalue weighted by Gasteiger charge is -2.12. The van der Waals surface area contributed by atoms with E-state index in [4.69, 9.17) is 32.7 Å². The number of hydrazone groups is 1. The number of H-pyrrole nitrogens is 1. The smallest absolute Gasteiger partial charge is 0.347 e. The van der Waals surface area contributed by atoms with E-state index in [1.807, 2.05) is 0 Å². The number of fused-ring (bicyclic) bond motifs is 1. The van der Waals surface area contributed by atoms with Gasteiger partial charge in [0.15, 0.2) is 5.75 Å². The minimum absolute atomic E-state index is 0.123. The van der Waals surface area contributed by atoms with Gasteiger partial charge >= 0.3 is 5.97 Å². The van der Waals surface area contributed by atoms with Crippen molar-refractivity contribution < 1.29 is 23.5 Å². The van der Waals surface area contributed by atoms with Crippen molar-refractivity contribution >= 4 is 84.1 Å². The molecule has 2 N–H and O–H groups in total. The van der Waals surface area contributed by atoms with Gasteiger partial charge in [0.1, 0.15) is 22.8 Å². The maximum absolute atomic E-state index is 14.2. The molecule has 1 aromatic heterocycles. The number of amides is 1. The first kappa shape index (κ1) is 29.8. The largest absolute Gasteiger partial charge is 0.496 e. The molecule has 0 bridgehead atoms. The second-order valence-electron chi connectivity index (χ2n) is 8.78. The number of rotatable bonds is 7. The number of esters is 1. The van der Waals surface area contributed by atoms with Crippen LogP contribution >= 0.6 is 55.1 Å². The Balaban J connectivity index is 1.46. The monoisotopic (exact) mass is 731 g/mol. The fourth-order valence-electron chi connectivity index (χ4n) is 4.27. The molecule has 0 unspecified atom stereocenters. The van der Waals surface area contributed by atoms with Crippen molar-refractivity contribution in [1.29, 1.82) is 0 Å². The lowest BCUT2D eigenvalue weighted by molar-refractivity contribution is 0.0729. The van der Waals surface area contributed by atoms with Crippen LogP contribution in [0.5, 0.6) is 11.5 Å². The zero-order valence-electron chi connectivity index (χ0n) is 21.5. The lowest BCUT2D eigenvalue weighted by atomic mass is 10.0. The molecule has 0 saturated heterocycles. The highest BCUT2D eigenvalue weighted by atomic mass is 79.9. The molecular weight excluding hydrogens is 716 g/mol. The Morgan fingerprint density at radius 1 is 1.02 bits per heavy atom. The average Bonchev–Trinajstić information content (AvgIpc) is 3.33. The van der Waals surface area contributed by atoms with Crippen molar-refractivity contribution in [1.82, 2.24) is 10.4 Å². The molecule has 0 spiro atoms. The molecule has 1 heterocycles. The SMILES string of the molecule is COc1ccc(Cl)cc1C(=O)Oc1c(Br)cc(Br)cc1C=NNC(=O)c1[nH]c2ccc(F)cc2c1-c1ccccc1Cl. The Hall–Kier alpha value is -3.70. The summed E-state index contributed by atoms with van der Waals surface area (Å²) < 4.78 is 26.2. The van der Waals surface area contributed by atoms with Crippen LogP contribution < -0.4 is 14.9 Å². The summed E-state index contributed by atoms with van der Waals surface area (Å²) in [5, 5.41) is 5.31. The van der Waals surface area contributed by atoms with E-state index < -0.39 is 17.7 Å². The Bertz CT molecular complexity index is 1890. The molecule has 5 aromatic rings. The number of benzene rings is 4. The van der Waals surface area contributed by atoms with Crippen molar-refractivity contribution in [2.75, 3.05) is 7.11 Å². The molecule has 4 aromatic carbocycles. The lowest BCUT2D eigenvalue weighted by Crippen LogP contribution is -2.19. The molecule has 1 amide bonds. The first-order chi connectivity index (χ1) is 20.2. The molecule has 0 aliphatic carbocycles. The fraction of sp³-hybridized carbons (Fsp3) is 0.0333. The molecule has 0 atom stereocenters. The summed E-state index contributed by atoms with van der Waals surface area (Å²) in [6.45, 7) is 0. The van der Waals surface area contributed by atoms with Crippen molar-refractivity contribution in [3.8, 4) is 22.6 Å². The van der Waals surface area contributed by atoms with Crippen molar-refractivity contribution in [3.63, 3.8) is 0 Å². The Morgan fingerprint density at radius 2 is 1.81 bits per heavy atom. The average molecular weight is 734 g/mol. The van der Waals surface area contributed by atoms with Gasteiger partial charge in [-0.05, 0) is 70.5 Å². The van der Waals surface area contributed by atoms with Gasteiger partial charge in [-0.2, -0.15) is 5.10 Å². The maximum atomic E-state index is 14.2. The molecule has 7 nitrogen and oxygen atoms in total. The van der Waals surface area contributed by atoms with Crippen LogP contribution in [0.3, 0.4) is 0 Å². The second kappa shape index (κ2) is 12.7. The fourth-order valence-corrected chi connectivity index (χ4v) is 6.01. The van der Waals surface area contributed by atoms with Gasteiger partial charge in [-0.25, -0.2) is 14.6 Å². The Kier molecular flexibility index (Phi) is 8.98. The highest BCUT2D eigenvalue weighted by Gasteiger charge is 2.22. The molecule has 12 heteroatoms. The molecule has 42 heavy (non-hydrogen) atoms. The first-order valence-electron chi connectivity index (χ1n) is 12.1. The van der Waals surface area contributed by atoms with E-state index in [1.54, 1.807) is 54.6 Å². The highest BCUT2D eigenvalue weighted by molar-refractivity contribution is 9.11. The van der Waals surface area contributed by atoms with Crippen molar-refractivity contribution in [2.24, 2.45) is 5.10 Å². The summed E-state index contributed by atoms with van der Waals surface area (Å²) in [4.78, 5) is 29.5. The van der Waals surface area contributed by atoms with E-state index in [9.17, 15) is 14.0 Å². The normalized spacial score (nSPS) is 11.2. The summed E-state index contributed by atoms with van der Waals surface area (Å²) in [5.41, 5.74) is 4.62. The van der Waals surface area contributed by atoms with E-state index in [0.717, 1.165) is 0 Å². The topological polar surface area (TPSA) is 92.8 Å². The number of hydrogen-bond acceptors (Lipinski definition) is 5. The summed E-state index contributed by atoms with van der Waals surface area (Å²) in [7, 11) is 1.43. The number of carbonyl (C=O) groups is 2. The standard InChI is InChI=1S/C30H18Br2Cl2FN3O4/c1-41-25-9-6-17(33)12-21(25)30(40)42-28-15(10-16(31)11-22(28)32)14-36-38-29(39)27-26(19-4-2-3-5-23(19)34)20-13-18(35)7-8-24(20)37-27/h2-14,37H,1H3,(H,38,39). The highest BCUT2D eigenvalue weighted by Crippen LogP contribution is 2.37. The Labute approximate surface area is 265 Å². The third-order valence-corrected chi connectivity index (χ3v) is 7.73. The van der Waals surface area contributed by atoms with E-state index in [2.05, 4.69) is 47.4 Å². The molecular formula is C30H18Br2Cl2FN3O4. The van der Waals surface area contributed by atoms with Crippen LogP contribution in [-0.2, 0) is 0 Å². The molecule has 0 aliphatic heterocycles. The first-order valence-corrected chi connectivity index (χ1v) is 14.4. The van der Waals surface area contributed by atoms with E-state index in [0.29, 0.717) is 46.6 Å². The van der Waals surface area contributed by atoms with Crippen LogP contribution in [0.4, 0.5) is 4.39 Å². The number of ether oxygens (including phenoxy) is 2. The summed E-state index contributed by atoms with van der Waals surface area (Å²) in [6, 6.07) is 19.0. The molecule has 0 saturated carbocycles. The van der Waals surface area contributed by atoms with E-state index in [-0.39, 0.29) is 22.8 Å². The van der Waals surface area contributed by atoms with Crippen LogP contribution in [0.2, 0.25) is 10.0 Å². The van der Waals surface area contributed by atoms with Crippen LogP contribution in [0.1, 0.15) is 26.4 Å². The minimum Gasteiger partial charge on any atom is -0.496 e. The van der Waals surface area contributed by atoms with Gasteiger partial charge in [0.05, 0.1) is 17.8 Å². The van der Waals surface area contributed by atoms with Gasteiger partial charge in [-0.3, -0.25) is 4.79 Å². The van der Waals surface area contributed by atoms with Crippen LogP contribution in [0, 0.1) is 5.82 Å².